The molecule has 5 aromatic heterocycles. The molecule has 0 aromatic carbocycles. The Labute approximate surface area is 206 Å². The summed E-state index contributed by atoms with van der Waals surface area (Å²) < 4.78 is 8.72. The van der Waals surface area contributed by atoms with Gasteiger partial charge in [0.25, 0.3) is 0 Å². The molecule has 0 spiro atoms. The predicted octanol–water partition coefficient (Wildman–Crippen LogP) is 4.40. The number of carbonyl (C=O) groups is 1. The van der Waals surface area contributed by atoms with E-state index < -0.39 is 5.97 Å². The molecule has 1 aliphatic carbocycles. The van der Waals surface area contributed by atoms with E-state index >= 15 is 0 Å². The molecule has 0 amide bonds. The molecular formula is C27H22N6O3. The van der Waals surface area contributed by atoms with Crippen molar-refractivity contribution in [2.75, 3.05) is 0 Å². The van der Waals surface area contributed by atoms with E-state index in [1.54, 1.807) is 18.6 Å². The number of hydrogen-bond donors (Lipinski definition) is 1. The highest BCUT2D eigenvalue weighted by atomic mass is 16.5. The highest BCUT2D eigenvalue weighted by molar-refractivity contribution is 5.97. The minimum Gasteiger partial charge on any atom is -0.480 e. The highest BCUT2D eigenvalue weighted by Crippen LogP contribution is 2.36. The van der Waals surface area contributed by atoms with Crippen molar-refractivity contribution in [1.82, 2.24) is 29.5 Å². The Morgan fingerprint density at radius 2 is 2.06 bits per heavy atom. The Morgan fingerprint density at radius 3 is 2.81 bits per heavy atom. The number of carboxylic acid groups (broad SMARTS) is 1. The monoisotopic (exact) mass is 478 g/mol. The summed E-state index contributed by atoms with van der Waals surface area (Å²) in [4.78, 5) is 20.7. The first kappa shape index (κ1) is 21.8. The van der Waals surface area contributed by atoms with Gasteiger partial charge in [-0.3, -0.25) is 14.0 Å². The molecule has 0 aliphatic heterocycles. The highest BCUT2D eigenvalue weighted by Gasteiger charge is 2.21. The second-order valence-electron chi connectivity index (χ2n) is 8.95. The zero-order valence-corrected chi connectivity index (χ0v) is 19.8. The first-order chi connectivity index (χ1) is 17.5. The molecule has 0 radical (unpaired) electrons. The van der Waals surface area contributed by atoms with Crippen molar-refractivity contribution >= 4 is 17.0 Å². The Bertz CT molecular complexity index is 1670. The third-order valence-corrected chi connectivity index (χ3v) is 6.21. The van der Waals surface area contributed by atoms with Crippen LogP contribution in [0.2, 0.25) is 0 Å². The van der Waals surface area contributed by atoms with Crippen LogP contribution in [-0.4, -0.2) is 40.5 Å². The van der Waals surface area contributed by atoms with Crippen molar-refractivity contribution in [2.45, 2.75) is 33.2 Å². The zero-order valence-electron chi connectivity index (χ0n) is 19.8. The molecule has 5 aromatic rings. The molecule has 1 N–H and O–H groups in total. The number of aryl methyl sites for hydroxylation is 2. The minimum atomic E-state index is -0.957. The van der Waals surface area contributed by atoms with Gasteiger partial charge in [0.1, 0.15) is 18.0 Å². The van der Waals surface area contributed by atoms with Gasteiger partial charge in [-0.1, -0.05) is 17.0 Å². The number of fused-ring (bicyclic) bond motifs is 1. The summed E-state index contributed by atoms with van der Waals surface area (Å²) in [6.45, 7) is 3.55. The molecule has 1 fully saturated rings. The topological polar surface area (TPSA) is 112 Å². The van der Waals surface area contributed by atoms with Gasteiger partial charge in [-0.25, -0.2) is 9.97 Å². The van der Waals surface area contributed by atoms with Crippen molar-refractivity contribution in [3.8, 4) is 39.9 Å². The van der Waals surface area contributed by atoms with E-state index in [0.29, 0.717) is 23.1 Å². The van der Waals surface area contributed by atoms with Gasteiger partial charge in [0.15, 0.2) is 5.82 Å². The Balaban J connectivity index is 1.56. The molecular weight excluding hydrogens is 456 g/mol. The predicted molar refractivity (Wildman–Crippen MR) is 132 cm³/mol. The third kappa shape index (κ3) is 3.92. The summed E-state index contributed by atoms with van der Waals surface area (Å²) >= 11 is 0. The van der Waals surface area contributed by atoms with E-state index in [1.165, 1.54) is 4.68 Å². The average molecular weight is 479 g/mol. The van der Waals surface area contributed by atoms with E-state index in [1.807, 2.05) is 49.0 Å². The lowest BCUT2D eigenvalue weighted by atomic mass is 10.0. The van der Waals surface area contributed by atoms with Gasteiger partial charge in [0.2, 0.25) is 0 Å². The summed E-state index contributed by atoms with van der Waals surface area (Å²) in [7, 11) is 0. The van der Waals surface area contributed by atoms with Gasteiger partial charge in [0.05, 0.1) is 17.5 Å². The second-order valence-corrected chi connectivity index (χ2v) is 8.95. The number of pyridine rings is 2. The van der Waals surface area contributed by atoms with Crippen LogP contribution in [0.1, 0.15) is 29.9 Å². The molecule has 0 saturated heterocycles. The Hall–Kier alpha value is -4.71. The molecule has 0 unspecified atom stereocenters. The van der Waals surface area contributed by atoms with Crippen LogP contribution in [0.25, 0.3) is 39.1 Å². The number of carboxylic acids is 1. The van der Waals surface area contributed by atoms with Crippen LogP contribution in [0.3, 0.4) is 0 Å². The van der Waals surface area contributed by atoms with Gasteiger partial charge in [-0.15, -0.1) is 0 Å². The fourth-order valence-corrected chi connectivity index (χ4v) is 4.35. The smallest absolute Gasteiger partial charge is 0.325 e. The van der Waals surface area contributed by atoms with Gasteiger partial charge in [-0.05, 0) is 44.9 Å². The molecule has 9 nitrogen and oxygen atoms in total. The summed E-state index contributed by atoms with van der Waals surface area (Å²) in [6.07, 6.45) is 11.2. The van der Waals surface area contributed by atoms with Crippen LogP contribution < -0.4 is 0 Å². The van der Waals surface area contributed by atoms with Crippen LogP contribution >= 0.6 is 0 Å². The van der Waals surface area contributed by atoms with Crippen molar-refractivity contribution in [3.05, 3.63) is 66.2 Å². The number of rotatable bonds is 5. The fourth-order valence-electron chi connectivity index (χ4n) is 4.35. The lowest BCUT2D eigenvalue weighted by molar-refractivity contribution is -0.137. The van der Waals surface area contributed by atoms with Crippen LogP contribution in [0, 0.1) is 31.6 Å². The van der Waals surface area contributed by atoms with Gasteiger partial charge in [0, 0.05) is 58.3 Å². The molecule has 6 rings (SSSR count). The summed E-state index contributed by atoms with van der Waals surface area (Å²) in [6, 6.07) is 5.89. The summed E-state index contributed by atoms with van der Waals surface area (Å²) in [5.41, 5.74) is 5.73. The quantitative estimate of drug-likeness (QED) is 0.373. The van der Waals surface area contributed by atoms with E-state index in [2.05, 4.69) is 27.1 Å². The summed E-state index contributed by atoms with van der Waals surface area (Å²) in [5.74, 6) is 7.53. The van der Waals surface area contributed by atoms with E-state index in [0.717, 1.165) is 51.7 Å². The molecule has 36 heavy (non-hydrogen) atoms. The normalized spacial score (nSPS) is 13.1. The Kier molecular flexibility index (Phi) is 5.15. The summed E-state index contributed by atoms with van der Waals surface area (Å²) in [5, 5.41) is 18.4. The average Bonchev–Trinajstić information content (AvgIpc) is 3.31. The van der Waals surface area contributed by atoms with E-state index in [-0.39, 0.29) is 6.54 Å². The molecule has 1 aliphatic rings. The van der Waals surface area contributed by atoms with E-state index in [9.17, 15) is 9.90 Å². The van der Waals surface area contributed by atoms with Gasteiger partial charge >= 0.3 is 5.97 Å². The largest absolute Gasteiger partial charge is 0.480 e. The number of aromatic nitrogens is 6. The maximum Gasteiger partial charge on any atom is 0.325 e. The molecule has 0 atom stereocenters. The number of aliphatic carboxylic acids is 1. The molecule has 1 saturated carbocycles. The second kappa shape index (κ2) is 8.50. The maximum atomic E-state index is 11.2. The van der Waals surface area contributed by atoms with Crippen molar-refractivity contribution < 1.29 is 14.4 Å². The lowest BCUT2D eigenvalue weighted by Crippen LogP contribution is -2.08. The standard InChI is InChI=1S/C27H22N6O3/c1-16-25(17(2)36-31-16)20-10-22-23(21-12-30-32(13-21)15-24(34)35)14-33(27(22)29-11-20)26-19(4-3-9-28-26)8-7-18-5-6-18/h3-4,9-14,18H,5-6,15H2,1-2H3,(H,34,35). The Morgan fingerprint density at radius 1 is 1.19 bits per heavy atom. The minimum absolute atomic E-state index is 0.220. The molecule has 5 heterocycles. The van der Waals surface area contributed by atoms with Crippen LogP contribution in [0.4, 0.5) is 0 Å². The first-order valence-corrected chi connectivity index (χ1v) is 11.6. The lowest BCUT2D eigenvalue weighted by Gasteiger charge is -2.07. The maximum absolute atomic E-state index is 11.2. The fraction of sp³-hybridized carbons (Fsp3) is 0.222. The van der Waals surface area contributed by atoms with Crippen LogP contribution in [-0.2, 0) is 11.3 Å². The molecule has 9 heteroatoms. The van der Waals surface area contributed by atoms with Crippen LogP contribution in [0.15, 0.2) is 53.7 Å². The first-order valence-electron chi connectivity index (χ1n) is 11.6. The number of nitrogens with zero attached hydrogens (tertiary/aromatic N) is 6. The molecule has 178 valence electrons. The van der Waals surface area contributed by atoms with Crippen molar-refractivity contribution in [2.24, 2.45) is 5.92 Å². The third-order valence-electron chi connectivity index (χ3n) is 6.21. The zero-order chi connectivity index (χ0) is 24.8. The number of hydrogen-bond acceptors (Lipinski definition) is 6. The SMILES string of the molecule is Cc1noc(C)c1-c1cnc2c(c1)c(-c1cnn(CC(=O)O)c1)cn2-c1ncccc1C#CC1CC1. The van der Waals surface area contributed by atoms with E-state index in [4.69, 9.17) is 9.51 Å². The van der Waals surface area contributed by atoms with Crippen LogP contribution in [0.5, 0.6) is 0 Å². The van der Waals surface area contributed by atoms with Crippen molar-refractivity contribution in [3.63, 3.8) is 0 Å². The molecule has 0 bridgehead atoms. The van der Waals surface area contributed by atoms with Gasteiger partial charge in [-0.2, -0.15) is 5.10 Å². The van der Waals surface area contributed by atoms with Gasteiger partial charge < -0.3 is 9.63 Å². The van der Waals surface area contributed by atoms with Crippen molar-refractivity contribution in [1.29, 1.82) is 0 Å².